The van der Waals surface area contributed by atoms with Crippen LogP contribution in [-0.4, -0.2) is 37.0 Å². The molecule has 2 rings (SSSR count). The van der Waals surface area contributed by atoms with Gasteiger partial charge >= 0.3 is 0 Å². The molecule has 1 aromatic heterocycles. The van der Waals surface area contributed by atoms with E-state index in [1.54, 1.807) is 24.1 Å². The summed E-state index contributed by atoms with van der Waals surface area (Å²) in [6, 6.07) is 7.41. The Bertz CT molecular complexity index is 745. The smallest absolute Gasteiger partial charge is 0.242 e. The van der Waals surface area contributed by atoms with Gasteiger partial charge in [-0.3, -0.25) is 9.69 Å². The minimum atomic E-state index is -0.509. The van der Waals surface area contributed by atoms with Crippen molar-refractivity contribution in [2.45, 2.75) is 26.4 Å². The summed E-state index contributed by atoms with van der Waals surface area (Å²) in [4.78, 5) is 18.9. The maximum atomic E-state index is 13.1. The average molecular weight is 345 g/mol. The molecule has 0 saturated heterocycles. The van der Waals surface area contributed by atoms with Crippen LogP contribution in [-0.2, 0) is 11.3 Å². The number of halogens is 1. The van der Waals surface area contributed by atoms with Gasteiger partial charge in [0.15, 0.2) is 0 Å². The summed E-state index contributed by atoms with van der Waals surface area (Å²) in [6.07, 6.45) is 0. The molecule has 0 bridgehead atoms. The maximum absolute atomic E-state index is 13.1. The van der Waals surface area contributed by atoms with E-state index in [2.05, 4.69) is 10.3 Å². The Hall–Kier alpha value is -2.47. The summed E-state index contributed by atoms with van der Waals surface area (Å²) >= 11 is 0. The highest BCUT2D eigenvalue weighted by atomic mass is 19.1. The Labute approximate surface area is 147 Å². The molecular weight excluding hydrogens is 321 g/mol. The van der Waals surface area contributed by atoms with Gasteiger partial charge in [0.2, 0.25) is 11.8 Å². The van der Waals surface area contributed by atoms with Crippen molar-refractivity contribution in [2.75, 3.05) is 21.2 Å². The second-order valence-corrected chi connectivity index (χ2v) is 6.20. The number of amides is 1. The lowest BCUT2D eigenvalue weighted by atomic mass is 10.0. The van der Waals surface area contributed by atoms with Crippen LogP contribution >= 0.6 is 0 Å². The summed E-state index contributed by atoms with van der Waals surface area (Å²) in [5.74, 6) is 0.0207. The molecule has 0 spiro atoms. The number of benzene rings is 1. The predicted octanol–water partition coefficient (Wildman–Crippen LogP) is 2.77. The molecule has 6 heteroatoms. The molecule has 1 N–H and O–H groups in total. The second kappa shape index (κ2) is 8.07. The molecule has 1 amide bonds. The number of aromatic nitrogens is 1. The number of methoxy groups -OCH3 is 1. The molecule has 1 atom stereocenters. The quantitative estimate of drug-likeness (QED) is 0.875. The van der Waals surface area contributed by atoms with Crippen LogP contribution in [0.2, 0.25) is 0 Å². The fourth-order valence-electron chi connectivity index (χ4n) is 2.81. The Kier molecular flexibility index (Phi) is 6.09. The third kappa shape index (κ3) is 4.54. The van der Waals surface area contributed by atoms with Gasteiger partial charge in [-0.2, -0.15) is 0 Å². The van der Waals surface area contributed by atoms with Gasteiger partial charge in [0.25, 0.3) is 0 Å². The molecule has 1 aromatic carbocycles. The molecular formula is C19H24FN3O2. The standard InChI is InChI=1S/C19H24FN3O2/c1-12-10-13(2)22-19(25-5)16(12)11-21-18(24)17(23(3)4)14-6-8-15(20)9-7-14/h6-10,17H,11H2,1-5H3,(H,21,24). The molecule has 1 heterocycles. The number of rotatable bonds is 6. The monoisotopic (exact) mass is 345 g/mol. The highest BCUT2D eigenvalue weighted by Gasteiger charge is 2.23. The van der Waals surface area contributed by atoms with E-state index in [-0.39, 0.29) is 11.7 Å². The van der Waals surface area contributed by atoms with Crippen LogP contribution in [0.15, 0.2) is 30.3 Å². The van der Waals surface area contributed by atoms with Crippen LogP contribution < -0.4 is 10.1 Å². The molecule has 25 heavy (non-hydrogen) atoms. The molecule has 0 radical (unpaired) electrons. The van der Waals surface area contributed by atoms with Gasteiger partial charge in [0, 0.05) is 17.8 Å². The number of aryl methyl sites for hydroxylation is 2. The molecule has 134 valence electrons. The van der Waals surface area contributed by atoms with E-state index in [4.69, 9.17) is 4.74 Å². The van der Waals surface area contributed by atoms with Crippen LogP contribution in [0.4, 0.5) is 4.39 Å². The number of pyridine rings is 1. The fourth-order valence-corrected chi connectivity index (χ4v) is 2.81. The van der Waals surface area contributed by atoms with Crippen LogP contribution in [0, 0.1) is 19.7 Å². The number of carbonyl (C=O) groups is 1. The third-order valence-electron chi connectivity index (χ3n) is 4.02. The minimum Gasteiger partial charge on any atom is -0.481 e. The number of nitrogens with zero attached hydrogens (tertiary/aromatic N) is 2. The van der Waals surface area contributed by atoms with Crippen molar-refractivity contribution in [3.05, 3.63) is 58.5 Å². The van der Waals surface area contributed by atoms with Crippen LogP contribution in [0.5, 0.6) is 5.88 Å². The van der Waals surface area contributed by atoms with Gasteiger partial charge in [0.1, 0.15) is 11.9 Å². The first kappa shape index (κ1) is 18.9. The van der Waals surface area contributed by atoms with Crippen molar-refractivity contribution in [1.82, 2.24) is 15.2 Å². The number of carbonyl (C=O) groups excluding carboxylic acids is 1. The fraction of sp³-hybridized carbons (Fsp3) is 0.368. The lowest BCUT2D eigenvalue weighted by molar-refractivity contribution is -0.125. The number of nitrogens with one attached hydrogen (secondary N) is 1. The van der Waals surface area contributed by atoms with Crippen LogP contribution in [0.3, 0.4) is 0 Å². The summed E-state index contributed by atoms with van der Waals surface area (Å²) in [7, 11) is 5.19. The predicted molar refractivity (Wildman–Crippen MR) is 94.9 cm³/mol. The largest absolute Gasteiger partial charge is 0.481 e. The zero-order chi connectivity index (χ0) is 18.6. The van der Waals surface area contributed by atoms with Crippen molar-refractivity contribution in [2.24, 2.45) is 0 Å². The van der Waals surface area contributed by atoms with Crippen molar-refractivity contribution >= 4 is 5.91 Å². The van der Waals surface area contributed by atoms with E-state index in [0.717, 1.165) is 22.4 Å². The summed E-state index contributed by atoms with van der Waals surface area (Å²) in [5.41, 5.74) is 3.45. The van der Waals surface area contributed by atoms with Gasteiger partial charge < -0.3 is 10.1 Å². The third-order valence-corrected chi connectivity index (χ3v) is 4.02. The van der Waals surface area contributed by atoms with Gasteiger partial charge in [-0.05, 0) is 57.3 Å². The Morgan fingerprint density at radius 1 is 1.28 bits per heavy atom. The molecule has 0 aliphatic rings. The summed E-state index contributed by atoms with van der Waals surface area (Å²) < 4.78 is 18.5. The minimum absolute atomic E-state index is 0.168. The SMILES string of the molecule is COc1nc(C)cc(C)c1CNC(=O)C(c1ccc(F)cc1)N(C)C. The van der Waals surface area contributed by atoms with Crippen molar-refractivity contribution < 1.29 is 13.9 Å². The zero-order valence-electron chi connectivity index (χ0n) is 15.3. The van der Waals surface area contributed by atoms with Crippen molar-refractivity contribution in [3.63, 3.8) is 0 Å². The molecule has 0 aliphatic carbocycles. The highest BCUT2D eigenvalue weighted by Crippen LogP contribution is 2.22. The van der Waals surface area contributed by atoms with Gasteiger partial charge in [-0.15, -0.1) is 0 Å². The van der Waals surface area contributed by atoms with Crippen LogP contribution in [0.1, 0.15) is 28.4 Å². The topological polar surface area (TPSA) is 54.5 Å². The van der Waals surface area contributed by atoms with Gasteiger partial charge in [0.05, 0.1) is 7.11 Å². The van der Waals surface area contributed by atoms with E-state index in [1.807, 2.05) is 34.0 Å². The average Bonchev–Trinajstić information content (AvgIpc) is 2.55. The number of ether oxygens (including phenoxy) is 1. The Morgan fingerprint density at radius 3 is 2.48 bits per heavy atom. The van der Waals surface area contributed by atoms with Crippen molar-refractivity contribution in [1.29, 1.82) is 0 Å². The Balaban J connectivity index is 2.19. The van der Waals surface area contributed by atoms with E-state index >= 15 is 0 Å². The maximum Gasteiger partial charge on any atom is 0.242 e. The first-order chi connectivity index (χ1) is 11.8. The second-order valence-electron chi connectivity index (χ2n) is 6.20. The van der Waals surface area contributed by atoms with E-state index in [0.29, 0.717) is 12.4 Å². The lowest BCUT2D eigenvalue weighted by Crippen LogP contribution is -2.37. The molecule has 0 aliphatic heterocycles. The zero-order valence-corrected chi connectivity index (χ0v) is 15.3. The number of hydrogen-bond acceptors (Lipinski definition) is 4. The van der Waals surface area contributed by atoms with Gasteiger partial charge in [-0.1, -0.05) is 12.1 Å². The lowest BCUT2D eigenvalue weighted by Gasteiger charge is -2.24. The van der Waals surface area contributed by atoms with E-state index < -0.39 is 6.04 Å². The van der Waals surface area contributed by atoms with Gasteiger partial charge in [-0.25, -0.2) is 9.37 Å². The first-order valence-electron chi connectivity index (χ1n) is 8.04. The van der Waals surface area contributed by atoms with Crippen molar-refractivity contribution in [3.8, 4) is 5.88 Å². The number of hydrogen-bond donors (Lipinski definition) is 1. The highest BCUT2D eigenvalue weighted by molar-refractivity contribution is 5.83. The Morgan fingerprint density at radius 2 is 1.92 bits per heavy atom. The molecule has 0 fully saturated rings. The van der Waals surface area contributed by atoms with E-state index in [1.165, 1.54) is 12.1 Å². The summed E-state index contributed by atoms with van der Waals surface area (Å²) in [6.45, 7) is 4.17. The van der Waals surface area contributed by atoms with E-state index in [9.17, 15) is 9.18 Å². The number of likely N-dealkylation sites (N-methyl/N-ethyl adjacent to an activating group) is 1. The molecule has 0 saturated carbocycles. The normalized spacial score (nSPS) is 12.1. The molecule has 2 aromatic rings. The first-order valence-corrected chi connectivity index (χ1v) is 8.04. The van der Waals surface area contributed by atoms with Crippen LogP contribution in [0.25, 0.3) is 0 Å². The molecule has 1 unspecified atom stereocenters. The summed E-state index contributed by atoms with van der Waals surface area (Å²) in [5, 5.41) is 2.93. The molecule has 5 nitrogen and oxygen atoms in total.